The van der Waals surface area contributed by atoms with Crippen LogP contribution in [0.15, 0.2) is 37.1 Å². The molecule has 1 saturated heterocycles. The first kappa shape index (κ1) is 13.5. The van der Waals surface area contributed by atoms with Crippen molar-refractivity contribution >= 4 is 5.91 Å². The van der Waals surface area contributed by atoms with Crippen molar-refractivity contribution in [3.63, 3.8) is 0 Å². The largest absolute Gasteiger partial charge is 0.354 e. The minimum atomic E-state index is 0.203. The number of hydrogen-bond donors (Lipinski definition) is 0. The molecule has 5 heteroatoms. The average Bonchev–Trinajstić information content (AvgIpc) is 3.15. The third-order valence-corrected chi connectivity index (χ3v) is 4.88. The van der Waals surface area contributed by atoms with Crippen LogP contribution < -0.4 is 0 Å². The van der Waals surface area contributed by atoms with E-state index in [2.05, 4.69) is 19.4 Å². The van der Waals surface area contributed by atoms with Gasteiger partial charge in [0.2, 0.25) is 5.91 Å². The zero-order chi connectivity index (χ0) is 14.9. The molecule has 1 fully saturated rings. The number of carbonyl (C=O) groups excluding carboxylic acids is 1. The van der Waals surface area contributed by atoms with E-state index in [1.165, 1.54) is 0 Å². The molecule has 2 aliphatic rings. The van der Waals surface area contributed by atoms with Crippen molar-refractivity contribution < 1.29 is 4.79 Å². The Labute approximate surface area is 130 Å². The van der Waals surface area contributed by atoms with Crippen LogP contribution in [0.25, 0.3) is 0 Å². The van der Waals surface area contributed by atoms with Gasteiger partial charge in [0.05, 0.1) is 11.7 Å². The van der Waals surface area contributed by atoms with Crippen LogP contribution in [-0.4, -0.2) is 31.4 Å². The number of hydrogen-bond acceptors (Lipinski definition) is 3. The van der Waals surface area contributed by atoms with Gasteiger partial charge in [-0.05, 0) is 31.4 Å². The van der Waals surface area contributed by atoms with Gasteiger partial charge in [-0.25, -0.2) is 9.97 Å². The number of aromatic nitrogens is 3. The second-order valence-electron chi connectivity index (χ2n) is 6.20. The molecule has 2 unspecified atom stereocenters. The van der Waals surface area contributed by atoms with Gasteiger partial charge in [-0.2, -0.15) is 0 Å². The van der Waals surface area contributed by atoms with Gasteiger partial charge in [0, 0.05) is 49.6 Å². The first-order valence-electron chi connectivity index (χ1n) is 8.03. The van der Waals surface area contributed by atoms with Crippen LogP contribution in [0.5, 0.6) is 0 Å². The van der Waals surface area contributed by atoms with Gasteiger partial charge in [-0.15, -0.1) is 0 Å². The molecule has 2 bridgehead atoms. The fourth-order valence-electron chi connectivity index (χ4n) is 3.87. The second-order valence-corrected chi connectivity index (χ2v) is 6.20. The fraction of sp³-hybridized carbons (Fsp3) is 0.471. The normalized spacial score (nSPS) is 22.6. The highest BCUT2D eigenvalue weighted by Crippen LogP contribution is 2.42. The molecule has 0 saturated carbocycles. The third kappa shape index (κ3) is 2.30. The standard InChI is InChI=1S/C17H20N4O/c22-17(4-3-9-20-7-1-2-8-20)21-13-5-6-16(21)14-11-18-12-19-15(14)10-13/h1-2,7-8,11-13,16H,3-6,9-10H2. The summed E-state index contributed by atoms with van der Waals surface area (Å²) in [5.41, 5.74) is 2.30. The lowest BCUT2D eigenvalue weighted by Crippen LogP contribution is -2.42. The molecule has 22 heavy (non-hydrogen) atoms. The Kier molecular flexibility index (Phi) is 3.41. The van der Waals surface area contributed by atoms with Crippen molar-refractivity contribution in [2.45, 2.75) is 50.7 Å². The van der Waals surface area contributed by atoms with Gasteiger partial charge in [0.25, 0.3) is 0 Å². The second kappa shape index (κ2) is 5.55. The number of fused-ring (bicyclic) bond motifs is 4. The number of nitrogens with zero attached hydrogens (tertiary/aromatic N) is 4. The molecule has 4 heterocycles. The Morgan fingerprint density at radius 1 is 1.27 bits per heavy atom. The summed E-state index contributed by atoms with van der Waals surface area (Å²) >= 11 is 0. The predicted molar refractivity (Wildman–Crippen MR) is 82.0 cm³/mol. The van der Waals surface area contributed by atoms with Crippen LogP contribution in [-0.2, 0) is 17.8 Å². The van der Waals surface area contributed by atoms with Gasteiger partial charge in [-0.1, -0.05) is 0 Å². The first-order chi connectivity index (χ1) is 10.8. The number of amides is 1. The van der Waals surface area contributed by atoms with E-state index in [1.807, 2.05) is 30.7 Å². The van der Waals surface area contributed by atoms with Crippen molar-refractivity contribution in [3.8, 4) is 0 Å². The van der Waals surface area contributed by atoms with E-state index in [1.54, 1.807) is 6.33 Å². The Bertz CT molecular complexity index is 667. The summed E-state index contributed by atoms with van der Waals surface area (Å²) in [4.78, 5) is 23.3. The third-order valence-electron chi connectivity index (χ3n) is 4.88. The predicted octanol–water partition coefficient (Wildman–Crippen LogP) is 2.35. The van der Waals surface area contributed by atoms with E-state index >= 15 is 0 Å². The first-order valence-corrected chi connectivity index (χ1v) is 8.03. The summed E-state index contributed by atoms with van der Waals surface area (Å²) in [7, 11) is 0. The van der Waals surface area contributed by atoms with Gasteiger partial charge in [0.1, 0.15) is 6.33 Å². The SMILES string of the molecule is O=C(CCCn1cccc1)N1C2CCC1c1cncnc1C2. The lowest BCUT2D eigenvalue weighted by Gasteiger charge is -2.35. The lowest BCUT2D eigenvalue weighted by atomic mass is 9.99. The summed E-state index contributed by atoms with van der Waals surface area (Å²) in [6.07, 6.45) is 12.1. The van der Waals surface area contributed by atoms with Gasteiger partial charge in [-0.3, -0.25) is 4.79 Å². The highest BCUT2D eigenvalue weighted by Gasteiger charge is 2.42. The highest BCUT2D eigenvalue weighted by molar-refractivity contribution is 5.78. The highest BCUT2D eigenvalue weighted by atomic mass is 16.2. The smallest absolute Gasteiger partial charge is 0.223 e. The molecular formula is C17H20N4O. The topological polar surface area (TPSA) is 51.0 Å². The van der Waals surface area contributed by atoms with E-state index in [4.69, 9.17) is 0 Å². The molecule has 0 spiro atoms. The van der Waals surface area contributed by atoms with Crippen LogP contribution in [0, 0.1) is 0 Å². The molecule has 5 nitrogen and oxygen atoms in total. The van der Waals surface area contributed by atoms with E-state index in [0.717, 1.165) is 43.5 Å². The van der Waals surface area contributed by atoms with Gasteiger partial charge >= 0.3 is 0 Å². The Hall–Kier alpha value is -2.17. The molecule has 1 amide bonds. The van der Waals surface area contributed by atoms with Crippen molar-refractivity contribution in [2.75, 3.05) is 0 Å². The molecule has 2 aromatic heterocycles. The molecule has 114 valence electrons. The van der Waals surface area contributed by atoms with Crippen molar-refractivity contribution in [3.05, 3.63) is 48.3 Å². The summed E-state index contributed by atoms with van der Waals surface area (Å²) in [5, 5.41) is 0. The average molecular weight is 296 g/mol. The molecule has 0 aromatic carbocycles. The molecule has 2 atom stereocenters. The zero-order valence-corrected chi connectivity index (χ0v) is 12.6. The quantitative estimate of drug-likeness (QED) is 0.870. The minimum absolute atomic E-state index is 0.203. The molecule has 2 aromatic rings. The van der Waals surface area contributed by atoms with Crippen LogP contribution in [0.4, 0.5) is 0 Å². The Morgan fingerprint density at radius 3 is 3.00 bits per heavy atom. The zero-order valence-electron chi connectivity index (χ0n) is 12.6. The Balaban J connectivity index is 1.43. The van der Waals surface area contributed by atoms with Gasteiger partial charge < -0.3 is 9.47 Å². The van der Waals surface area contributed by atoms with Crippen molar-refractivity contribution in [2.24, 2.45) is 0 Å². The van der Waals surface area contributed by atoms with E-state index in [0.29, 0.717) is 12.5 Å². The summed E-state index contributed by atoms with van der Waals surface area (Å²) in [6.45, 7) is 0.904. The summed E-state index contributed by atoms with van der Waals surface area (Å²) in [6, 6.07) is 4.58. The minimum Gasteiger partial charge on any atom is -0.354 e. The van der Waals surface area contributed by atoms with Crippen molar-refractivity contribution in [1.29, 1.82) is 0 Å². The summed E-state index contributed by atoms with van der Waals surface area (Å²) < 4.78 is 2.13. The molecule has 0 radical (unpaired) electrons. The van der Waals surface area contributed by atoms with Crippen LogP contribution in [0.2, 0.25) is 0 Å². The number of rotatable bonds is 4. The number of carbonyl (C=O) groups is 1. The molecule has 4 rings (SSSR count). The fourth-order valence-corrected chi connectivity index (χ4v) is 3.87. The van der Waals surface area contributed by atoms with E-state index in [-0.39, 0.29) is 11.9 Å². The van der Waals surface area contributed by atoms with E-state index in [9.17, 15) is 4.79 Å². The lowest BCUT2D eigenvalue weighted by molar-refractivity contribution is -0.134. The molecule has 0 aliphatic carbocycles. The van der Waals surface area contributed by atoms with E-state index < -0.39 is 0 Å². The maximum absolute atomic E-state index is 12.7. The van der Waals surface area contributed by atoms with Gasteiger partial charge in [0.15, 0.2) is 0 Å². The van der Waals surface area contributed by atoms with Crippen LogP contribution >= 0.6 is 0 Å². The molecular weight excluding hydrogens is 276 g/mol. The maximum atomic E-state index is 12.7. The Morgan fingerprint density at radius 2 is 2.14 bits per heavy atom. The number of aryl methyl sites for hydroxylation is 1. The monoisotopic (exact) mass is 296 g/mol. The van der Waals surface area contributed by atoms with Crippen LogP contribution in [0.3, 0.4) is 0 Å². The molecule has 2 aliphatic heterocycles. The summed E-state index contributed by atoms with van der Waals surface area (Å²) in [5.74, 6) is 0.286. The molecule has 0 N–H and O–H groups in total. The van der Waals surface area contributed by atoms with Crippen LogP contribution in [0.1, 0.15) is 43.0 Å². The van der Waals surface area contributed by atoms with Crippen molar-refractivity contribution in [1.82, 2.24) is 19.4 Å². The maximum Gasteiger partial charge on any atom is 0.223 e.